The minimum atomic E-state index is -0.743. The number of benzene rings is 1. The van der Waals surface area contributed by atoms with Gasteiger partial charge in [-0.05, 0) is 74.6 Å². The minimum absolute atomic E-state index is 0.128. The third kappa shape index (κ3) is 6.46. The van der Waals surface area contributed by atoms with E-state index < -0.39 is 17.9 Å². The van der Waals surface area contributed by atoms with Crippen LogP contribution in [0.2, 0.25) is 0 Å². The maximum atomic E-state index is 12.6. The van der Waals surface area contributed by atoms with Gasteiger partial charge in [0.25, 0.3) is 11.6 Å². The van der Waals surface area contributed by atoms with Crippen molar-refractivity contribution in [3.8, 4) is 0 Å². The lowest BCUT2D eigenvalue weighted by molar-refractivity contribution is -0.384. The Bertz CT molecular complexity index is 1340. The molecule has 4 heterocycles. The number of imide groups is 1. The highest BCUT2D eigenvalue weighted by atomic mass is 16.6. The van der Waals surface area contributed by atoms with Gasteiger partial charge in [-0.15, -0.1) is 10.2 Å². The van der Waals surface area contributed by atoms with Crippen molar-refractivity contribution < 1.29 is 19.3 Å². The van der Waals surface area contributed by atoms with E-state index in [1.54, 1.807) is 18.2 Å². The van der Waals surface area contributed by atoms with E-state index >= 15 is 0 Å². The highest BCUT2D eigenvalue weighted by Crippen LogP contribution is 2.46. The molecule has 2 aromatic rings. The van der Waals surface area contributed by atoms with Gasteiger partial charge in [0.2, 0.25) is 11.8 Å². The maximum absolute atomic E-state index is 12.6. The molecule has 1 aromatic heterocycles. The van der Waals surface area contributed by atoms with Crippen LogP contribution in [0.4, 0.5) is 17.2 Å². The highest BCUT2D eigenvalue weighted by molar-refractivity contribution is 6.03. The molecule has 2 N–H and O–H groups in total. The number of carbonyl (C=O) groups is 3. The van der Waals surface area contributed by atoms with Crippen molar-refractivity contribution in [3.63, 3.8) is 0 Å². The lowest BCUT2D eigenvalue weighted by Crippen LogP contribution is -2.52. The fourth-order valence-electron chi connectivity index (χ4n) is 7.10. The first kappa shape index (κ1) is 29.0. The number of aromatic nitrogens is 2. The van der Waals surface area contributed by atoms with E-state index in [2.05, 4.69) is 35.5 Å². The molecule has 43 heavy (non-hydrogen) atoms. The van der Waals surface area contributed by atoms with Crippen molar-refractivity contribution in [1.82, 2.24) is 25.7 Å². The zero-order valence-corrected chi connectivity index (χ0v) is 24.2. The molecule has 1 atom stereocenters. The summed E-state index contributed by atoms with van der Waals surface area (Å²) in [6.45, 7) is 5.73. The number of carbonyl (C=O) groups excluding carboxylic acids is 3. The molecular formula is C30H38N8O5. The molecule has 0 radical (unpaired) electrons. The molecule has 1 aromatic carbocycles. The number of nitrogens with one attached hydrogen (secondary N) is 2. The van der Waals surface area contributed by atoms with Crippen molar-refractivity contribution in [2.45, 2.75) is 63.5 Å². The summed E-state index contributed by atoms with van der Waals surface area (Å²) in [5.41, 5.74) is 1.70. The van der Waals surface area contributed by atoms with Crippen LogP contribution in [0.25, 0.3) is 0 Å². The maximum Gasteiger partial charge on any atom is 0.272 e. The summed E-state index contributed by atoms with van der Waals surface area (Å²) in [5.74, 6) is -0.539. The summed E-state index contributed by atoms with van der Waals surface area (Å²) in [6, 6.07) is 10.2. The number of nitrogens with zero attached hydrogens (tertiary/aromatic N) is 6. The van der Waals surface area contributed by atoms with Gasteiger partial charge in [0.05, 0.1) is 4.92 Å². The van der Waals surface area contributed by atoms with Gasteiger partial charge in [-0.2, -0.15) is 0 Å². The zero-order chi connectivity index (χ0) is 30.0. The Balaban J connectivity index is 0.941. The first-order valence-electron chi connectivity index (χ1n) is 15.3. The molecule has 1 unspecified atom stereocenters. The third-order valence-electron chi connectivity index (χ3n) is 9.85. The predicted molar refractivity (Wildman–Crippen MR) is 159 cm³/mol. The van der Waals surface area contributed by atoms with Gasteiger partial charge >= 0.3 is 0 Å². The number of rotatable bonds is 6. The number of piperidine rings is 2. The Labute approximate surface area is 250 Å². The second kappa shape index (κ2) is 12.2. The summed E-state index contributed by atoms with van der Waals surface area (Å²) in [5, 5.41) is 24.3. The van der Waals surface area contributed by atoms with Crippen molar-refractivity contribution >= 4 is 34.9 Å². The number of nitro groups is 1. The molecule has 3 saturated heterocycles. The standard InChI is InChI=1S/C30H38N8O5/c39-27-8-6-24(28(40)32-27)31-29(41)25-5-7-26(34-33-25)37-15-13-30(14-16-37)11-9-22(10-12-30)36-19-17-35(18-20-36)21-1-3-23(4-2-21)38(42)43/h1-5,7,22,24H,6,8-20H2,(H,31,41)(H,32,39,40). The molecule has 13 nitrogen and oxygen atoms in total. The molecule has 3 aliphatic heterocycles. The number of hydrogen-bond acceptors (Lipinski definition) is 10. The quantitative estimate of drug-likeness (QED) is 0.291. The number of piperazine rings is 1. The molecule has 6 rings (SSSR count). The highest BCUT2D eigenvalue weighted by Gasteiger charge is 2.40. The van der Waals surface area contributed by atoms with E-state index in [1.807, 2.05) is 18.2 Å². The van der Waals surface area contributed by atoms with Crippen LogP contribution in [0.3, 0.4) is 0 Å². The van der Waals surface area contributed by atoms with E-state index in [4.69, 9.17) is 0 Å². The monoisotopic (exact) mass is 590 g/mol. The Morgan fingerprint density at radius 3 is 2.19 bits per heavy atom. The van der Waals surface area contributed by atoms with Crippen molar-refractivity contribution in [1.29, 1.82) is 0 Å². The number of anilines is 2. The Hall–Kier alpha value is -4.13. The minimum Gasteiger partial charge on any atom is -0.369 e. The second-order valence-electron chi connectivity index (χ2n) is 12.3. The number of nitro benzene ring substituents is 1. The molecule has 3 amide bonds. The van der Waals surface area contributed by atoms with Crippen LogP contribution < -0.4 is 20.4 Å². The van der Waals surface area contributed by atoms with E-state index in [0.29, 0.717) is 11.5 Å². The van der Waals surface area contributed by atoms with Crippen molar-refractivity contribution in [3.05, 3.63) is 52.2 Å². The summed E-state index contributed by atoms with van der Waals surface area (Å²) < 4.78 is 0. The topological polar surface area (TPSA) is 154 Å². The van der Waals surface area contributed by atoms with Gasteiger partial charge in [-0.3, -0.25) is 34.7 Å². The zero-order valence-electron chi connectivity index (χ0n) is 24.2. The molecule has 1 saturated carbocycles. The Kier molecular flexibility index (Phi) is 8.24. The van der Waals surface area contributed by atoms with Crippen molar-refractivity contribution in [2.75, 3.05) is 49.1 Å². The van der Waals surface area contributed by atoms with Gasteiger partial charge in [0.15, 0.2) is 11.5 Å². The van der Waals surface area contributed by atoms with Gasteiger partial charge < -0.3 is 15.1 Å². The van der Waals surface area contributed by atoms with Gasteiger partial charge in [0.1, 0.15) is 6.04 Å². The SMILES string of the molecule is O=C1CCC(NC(=O)c2ccc(N3CCC4(CCC(N5CCN(c6ccc([N+](=O)[O-])cc6)CC5)CC4)CC3)nn2)C(=O)N1. The van der Waals surface area contributed by atoms with Crippen LogP contribution in [0.1, 0.15) is 61.9 Å². The van der Waals surface area contributed by atoms with Gasteiger partial charge in [-0.1, -0.05) is 0 Å². The van der Waals surface area contributed by atoms with E-state index in [1.165, 1.54) is 25.7 Å². The lowest BCUT2D eigenvalue weighted by atomic mass is 9.66. The molecular weight excluding hydrogens is 552 g/mol. The molecule has 1 aliphatic carbocycles. The average Bonchev–Trinajstić information content (AvgIpc) is 3.03. The molecule has 4 fully saturated rings. The van der Waals surface area contributed by atoms with Crippen LogP contribution in [0.15, 0.2) is 36.4 Å². The summed E-state index contributed by atoms with van der Waals surface area (Å²) in [6.07, 6.45) is 7.61. The van der Waals surface area contributed by atoms with Crippen LogP contribution >= 0.6 is 0 Å². The van der Waals surface area contributed by atoms with Crippen LogP contribution in [-0.2, 0) is 9.59 Å². The van der Waals surface area contributed by atoms with Crippen LogP contribution in [-0.4, -0.2) is 89.1 Å². The lowest BCUT2D eigenvalue weighted by Gasteiger charge is -2.49. The Morgan fingerprint density at radius 2 is 1.58 bits per heavy atom. The fourth-order valence-corrected chi connectivity index (χ4v) is 7.10. The smallest absolute Gasteiger partial charge is 0.272 e. The third-order valence-corrected chi connectivity index (χ3v) is 9.85. The van der Waals surface area contributed by atoms with E-state index in [9.17, 15) is 24.5 Å². The van der Waals surface area contributed by atoms with Gasteiger partial charge in [0, 0.05) is 69.6 Å². The number of hydrogen-bond donors (Lipinski definition) is 2. The fraction of sp³-hybridized carbons (Fsp3) is 0.567. The number of non-ortho nitro benzene ring substituents is 1. The second-order valence-corrected chi connectivity index (χ2v) is 12.3. The molecule has 4 aliphatic rings. The van der Waals surface area contributed by atoms with Gasteiger partial charge in [-0.25, -0.2) is 0 Å². The summed E-state index contributed by atoms with van der Waals surface area (Å²) in [7, 11) is 0. The first-order valence-corrected chi connectivity index (χ1v) is 15.3. The summed E-state index contributed by atoms with van der Waals surface area (Å²) >= 11 is 0. The first-order chi connectivity index (χ1) is 20.8. The Morgan fingerprint density at radius 1 is 0.884 bits per heavy atom. The average molecular weight is 591 g/mol. The molecule has 0 bridgehead atoms. The van der Waals surface area contributed by atoms with E-state index in [-0.39, 0.29) is 35.1 Å². The van der Waals surface area contributed by atoms with Crippen molar-refractivity contribution in [2.24, 2.45) is 5.41 Å². The molecule has 1 spiro atoms. The van der Waals surface area contributed by atoms with Crippen LogP contribution in [0, 0.1) is 15.5 Å². The largest absolute Gasteiger partial charge is 0.369 e. The molecule has 13 heteroatoms. The predicted octanol–water partition coefficient (Wildman–Crippen LogP) is 2.27. The summed E-state index contributed by atoms with van der Waals surface area (Å²) in [4.78, 5) is 53.6. The van der Waals surface area contributed by atoms with Crippen LogP contribution in [0.5, 0.6) is 0 Å². The normalized spacial score (nSPS) is 23.2. The van der Waals surface area contributed by atoms with E-state index in [0.717, 1.165) is 63.6 Å². The molecule has 228 valence electrons. The number of amides is 3.